The summed E-state index contributed by atoms with van der Waals surface area (Å²) in [4.78, 5) is 10.6. The lowest BCUT2D eigenvalue weighted by Crippen LogP contribution is -1.91. The van der Waals surface area contributed by atoms with Crippen LogP contribution in [0.5, 0.6) is 5.75 Å². The van der Waals surface area contributed by atoms with Gasteiger partial charge in [0, 0.05) is 15.9 Å². The topological polar surface area (TPSA) is 70.7 Å². The highest BCUT2D eigenvalue weighted by molar-refractivity contribution is 9.10. The number of carbonyl (C=O) groups is 1. The third-order valence-electron chi connectivity index (χ3n) is 1.89. The Hall–Kier alpha value is -1.56. The molecule has 1 aromatic heterocycles. The number of aromatic carboxylic acids is 1. The Bertz CT molecular complexity index is 561. The van der Waals surface area contributed by atoms with E-state index in [1.807, 2.05) is 0 Å². The first-order chi connectivity index (χ1) is 7.00. The second-order valence-corrected chi connectivity index (χ2v) is 3.70. The van der Waals surface area contributed by atoms with Crippen LogP contribution in [0.2, 0.25) is 0 Å². The zero-order valence-electron chi connectivity index (χ0n) is 7.12. The standard InChI is InChI=1S/C9H4BrFO4/c10-4-2-5(11)7(12)8-3(4)1-6(15-8)9(13)14/h1-2,12H,(H,13,14). The number of aromatic hydroxyl groups is 1. The van der Waals surface area contributed by atoms with Crippen LogP contribution < -0.4 is 0 Å². The number of phenolic OH excluding ortho intramolecular Hbond substituents is 1. The molecular formula is C9H4BrFO4. The number of carboxylic acids is 1. The van der Waals surface area contributed by atoms with Crippen molar-refractivity contribution in [1.29, 1.82) is 0 Å². The molecule has 1 heterocycles. The van der Waals surface area contributed by atoms with Gasteiger partial charge in [0.05, 0.1) is 0 Å². The molecule has 2 N–H and O–H groups in total. The van der Waals surface area contributed by atoms with Gasteiger partial charge in [-0.1, -0.05) is 0 Å². The second-order valence-electron chi connectivity index (χ2n) is 2.85. The summed E-state index contributed by atoms with van der Waals surface area (Å²) in [6, 6.07) is 2.25. The van der Waals surface area contributed by atoms with E-state index in [0.29, 0.717) is 9.86 Å². The highest BCUT2D eigenvalue weighted by atomic mass is 79.9. The predicted octanol–water partition coefficient (Wildman–Crippen LogP) is 2.74. The molecular weight excluding hydrogens is 271 g/mol. The van der Waals surface area contributed by atoms with E-state index >= 15 is 0 Å². The van der Waals surface area contributed by atoms with E-state index in [1.165, 1.54) is 6.07 Å². The molecule has 6 heteroatoms. The predicted molar refractivity (Wildman–Crippen MR) is 52.5 cm³/mol. The Labute approximate surface area is 91.1 Å². The van der Waals surface area contributed by atoms with Crippen LogP contribution in [0.4, 0.5) is 4.39 Å². The highest BCUT2D eigenvalue weighted by Gasteiger charge is 2.18. The van der Waals surface area contributed by atoms with E-state index < -0.39 is 17.5 Å². The summed E-state index contributed by atoms with van der Waals surface area (Å²) < 4.78 is 18.2. The van der Waals surface area contributed by atoms with Gasteiger partial charge >= 0.3 is 5.97 Å². The lowest BCUT2D eigenvalue weighted by molar-refractivity contribution is 0.0665. The first-order valence-electron chi connectivity index (χ1n) is 3.84. The molecule has 0 fully saturated rings. The monoisotopic (exact) mass is 274 g/mol. The summed E-state index contributed by atoms with van der Waals surface area (Å²) in [6.07, 6.45) is 0. The molecule has 2 aromatic rings. The second kappa shape index (κ2) is 3.23. The molecule has 0 radical (unpaired) electrons. The minimum atomic E-state index is -1.28. The van der Waals surface area contributed by atoms with Crippen molar-refractivity contribution in [1.82, 2.24) is 0 Å². The third kappa shape index (κ3) is 1.46. The fourth-order valence-electron chi connectivity index (χ4n) is 1.22. The number of rotatable bonds is 1. The normalized spacial score (nSPS) is 10.8. The maximum absolute atomic E-state index is 13.0. The van der Waals surface area contributed by atoms with Crippen LogP contribution in [0.3, 0.4) is 0 Å². The number of carboxylic acid groups (broad SMARTS) is 1. The van der Waals surface area contributed by atoms with Gasteiger partial charge in [-0.2, -0.15) is 0 Å². The van der Waals surface area contributed by atoms with Crippen molar-refractivity contribution in [3.05, 3.63) is 28.2 Å². The molecule has 0 aliphatic rings. The lowest BCUT2D eigenvalue weighted by atomic mass is 10.2. The lowest BCUT2D eigenvalue weighted by Gasteiger charge is -1.97. The molecule has 0 unspecified atom stereocenters. The van der Waals surface area contributed by atoms with Crippen LogP contribution in [-0.4, -0.2) is 16.2 Å². The van der Waals surface area contributed by atoms with E-state index in [-0.39, 0.29) is 11.3 Å². The van der Waals surface area contributed by atoms with Crippen LogP contribution in [0.1, 0.15) is 10.6 Å². The molecule has 1 aromatic carbocycles. The Morgan fingerprint density at radius 1 is 1.47 bits per heavy atom. The maximum Gasteiger partial charge on any atom is 0.371 e. The van der Waals surface area contributed by atoms with Gasteiger partial charge in [-0.15, -0.1) is 0 Å². The SMILES string of the molecule is O=C(O)c1cc2c(Br)cc(F)c(O)c2o1. The average molecular weight is 275 g/mol. The molecule has 0 spiro atoms. The summed E-state index contributed by atoms with van der Waals surface area (Å²) in [5.74, 6) is -3.20. The summed E-state index contributed by atoms with van der Waals surface area (Å²) in [7, 11) is 0. The molecule has 78 valence electrons. The van der Waals surface area contributed by atoms with Crippen molar-refractivity contribution in [3.8, 4) is 5.75 Å². The van der Waals surface area contributed by atoms with Gasteiger partial charge in [0.15, 0.2) is 17.1 Å². The molecule has 0 amide bonds. The van der Waals surface area contributed by atoms with Crippen LogP contribution in [0.15, 0.2) is 21.0 Å². The first-order valence-corrected chi connectivity index (χ1v) is 4.64. The Kier molecular flexibility index (Phi) is 2.15. The van der Waals surface area contributed by atoms with Crippen molar-refractivity contribution in [2.24, 2.45) is 0 Å². The largest absolute Gasteiger partial charge is 0.502 e. The number of hydrogen-bond acceptors (Lipinski definition) is 3. The summed E-state index contributed by atoms with van der Waals surface area (Å²) in [6.45, 7) is 0. The minimum Gasteiger partial charge on any atom is -0.502 e. The van der Waals surface area contributed by atoms with E-state index in [4.69, 9.17) is 9.52 Å². The van der Waals surface area contributed by atoms with E-state index in [0.717, 1.165) is 6.07 Å². The number of hydrogen-bond donors (Lipinski definition) is 2. The van der Waals surface area contributed by atoms with Crippen molar-refractivity contribution < 1.29 is 23.8 Å². The molecule has 2 rings (SSSR count). The third-order valence-corrected chi connectivity index (χ3v) is 2.55. The van der Waals surface area contributed by atoms with Gasteiger partial charge in [0.1, 0.15) is 0 Å². The van der Waals surface area contributed by atoms with Crippen LogP contribution in [0, 0.1) is 5.82 Å². The molecule has 0 aliphatic heterocycles. The quantitative estimate of drug-likeness (QED) is 0.839. The van der Waals surface area contributed by atoms with Crippen molar-refractivity contribution in [2.75, 3.05) is 0 Å². The molecule has 0 aliphatic carbocycles. The van der Waals surface area contributed by atoms with Crippen LogP contribution >= 0.6 is 15.9 Å². The molecule has 4 nitrogen and oxygen atoms in total. The number of benzene rings is 1. The Balaban J connectivity index is 2.85. The zero-order valence-corrected chi connectivity index (χ0v) is 8.71. The molecule has 0 saturated carbocycles. The first kappa shape index (κ1) is 9.97. The van der Waals surface area contributed by atoms with Crippen LogP contribution in [-0.2, 0) is 0 Å². The Morgan fingerprint density at radius 3 is 2.73 bits per heavy atom. The van der Waals surface area contributed by atoms with Gasteiger partial charge in [-0.05, 0) is 22.0 Å². The highest BCUT2D eigenvalue weighted by Crippen LogP contribution is 2.35. The summed E-state index contributed by atoms with van der Waals surface area (Å²) in [5, 5.41) is 18.3. The van der Waals surface area contributed by atoms with Gasteiger partial charge in [-0.3, -0.25) is 0 Å². The maximum atomic E-state index is 13.0. The van der Waals surface area contributed by atoms with Gasteiger partial charge in [-0.25, -0.2) is 9.18 Å². The average Bonchev–Trinajstić information content (AvgIpc) is 2.59. The fourth-order valence-corrected chi connectivity index (χ4v) is 1.71. The van der Waals surface area contributed by atoms with Gasteiger partial charge < -0.3 is 14.6 Å². The zero-order chi connectivity index (χ0) is 11.2. The van der Waals surface area contributed by atoms with Crippen molar-refractivity contribution >= 4 is 32.9 Å². The Morgan fingerprint density at radius 2 is 2.13 bits per heavy atom. The number of fused-ring (bicyclic) bond motifs is 1. The van der Waals surface area contributed by atoms with Gasteiger partial charge in [0.25, 0.3) is 0 Å². The van der Waals surface area contributed by atoms with Crippen molar-refractivity contribution in [2.45, 2.75) is 0 Å². The molecule has 15 heavy (non-hydrogen) atoms. The number of furan rings is 1. The fraction of sp³-hybridized carbons (Fsp3) is 0. The number of phenols is 1. The van der Waals surface area contributed by atoms with Crippen LogP contribution in [0.25, 0.3) is 11.0 Å². The number of halogens is 2. The minimum absolute atomic E-state index is 0.181. The van der Waals surface area contributed by atoms with E-state index in [1.54, 1.807) is 0 Å². The van der Waals surface area contributed by atoms with Crippen molar-refractivity contribution in [3.63, 3.8) is 0 Å². The summed E-state index contributed by atoms with van der Waals surface area (Å²) in [5.41, 5.74) is -0.181. The summed E-state index contributed by atoms with van der Waals surface area (Å²) >= 11 is 3.04. The molecule has 0 saturated heterocycles. The van der Waals surface area contributed by atoms with E-state index in [2.05, 4.69) is 15.9 Å². The molecule has 0 bridgehead atoms. The van der Waals surface area contributed by atoms with Gasteiger partial charge in [0.2, 0.25) is 5.76 Å². The van der Waals surface area contributed by atoms with E-state index in [9.17, 15) is 14.3 Å². The molecule has 0 atom stereocenters. The smallest absolute Gasteiger partial charge is 0.371 e.